The lowest BCUT2D eigenvalue weighted by Gasteiger charge is -2.36. The van der Waals surface area contributed by atoms with Gasteiger partial charge in [0.15, 0.2) is 0 Å². The second-order valence-electron chi connectivity index (χ2n) is 5.99. The minimum atomic E-state index is -4.10. The molecule has 0 amide bonds. The summed E-state index contributed by atoms with van der Waals surface area (Å²) in [7, 11) is 0. The van der Waals surface area contributed by atoms with Crippen LogP contribution in [0, 0.1) is 5.92 Å². The second kappa shape index (κ2) is 5.83. The van der Waals surface area contributed by atoms with Gasteiger partial charge in [-0.25, -0.2) is 0 Å². The van der Waals surface area contributed by atoms with Crippen LogP contribution in [0.2, 0.25) is 0 Å². The molecule has 3 nitrogen and oxygen atoms in total. The average Bonchev–Trinajstić information content (AvgIpc) is 3.29. The molecule has 0 radical (unpaired) electrons. The summed E-state index contributed by atoms with van der Waals surface area (Å²) >= 11 is 0. The van der Waals surface area contributed by atoms with Crippen LogP contribution in [-0.4, -0.2) is 30.3 Å². The summed E-state index contributed by atoms with van der Waals surface area (Å²) in [6.45, 7) is 1.43. The first-order valence-corrected chi connectivity index (χ1v) is 7.52. The number of hydrogen-bond acceptors (Lipinski definition) is 3. The SMILES string of the molecule is FC(F)(F)C1CCCN(c2cnccc2CNC2CC2)C1. The molecule has 6 heteroatoms. The van der Waals surface area contributed by atoms with Crippen molar-refractivity contribution in [1.82, 2.24) is 10.3 Å². The molecule has 2 fully saturated rings. The quantitative estimate of drug-likeness (QED) is 0.926. The number of pyridine rings is 1. The van der Waals surface area contributed by atoms with E-state index >= 15 is 0 Å². The van der Waals surface area contributed by atoms with Gasteiger partial charge < -0.3 is 10.2 Å². The molecule has 1 saturated carbocycles. The molecule has 21 heavy (non-hydrogen) atoms. The van der Waals surface area contributed by atoms with E-state index in [0.29, 0.717) is 25.6 Å². The summed E-state index contributed by atoms with van der Waals surface area (Å²) in [6.07, 6.45) is 2.50. The largest absolute Gasteiger partial charge is 0.393 e. The number of alkyl halides is 3. The van der Waals surface area contributed by atoms with Gasteiger partial charge in [-0.05, 0) is 37.3 Å². The number of piperidine rings is 1. The molecule has 1 atom stereocenters. The van der Waals surface area contributed by atoms with Gasteiger partial charge in [-0.1, -0.05) is 0 Å². The lowest BCUT2D eigenvalue weighted by molar-refractivity contribution is -0.176. The Kier molecular flexibility index (Phi) is 4.06. The first kappa shape index (κ1) is 14.6. The van der Waals surface area contributed by atoms with Crippen molar-refractivity contribution in [3.8, 4) is 0 Å². The van der Waals surface area contributed by atoms with Crippen LogP contribution >= 0.6 is 0 Å². The number of hydrogen-bond donors (Lipinski definition) is 1. The van der Waals surface area contributed by atoms with Crippen molar-refractivity contribution < 1.29 is 13.2 Å². The Morgan fingerprint density at radius 1 is 1.29 bits per heavy atom. The van der Waals surface area contributed by atoms with Gasteiger partial charge in [0.1, 0.15) is 0 Å². The van der Waals surface area contributed by atoms with E-state index in [4.69, 9.17) is 0 Å². The van der Waals surface area contributed by atoms with Crippen LogP contribution in [0.3, 0.4) is 0 Å². The molecule has 116 valence electrons. The Hall–Kier alpha value is -1.30. The van der Waals surface area contributed by atoms with E-state index < -0.39 is 12.1 Å². The van der Waals surface area contributed by atoms with Crippen molar-refractivity contribution in [1.29, 1.82) is 0 Å². The van der Waals surface area contributed by atoms with E-state index in [-0.39, 0.29) is 13.0 Å². The fraction of sp³-hybridized carbons (Fsp3) is 0.667. The smallest absolute Gasteiger partial charge is 0.369 e. The Labute approximate surface area is 122 Å². The summed E-state index contributed by atoms with van der Waals surface area (Å²) in [5.74, 6) is -1.23. The molecule has 1 aromatic heterocycles. The standard InChI is InChI=1S/C15H20F3N3/c16-15(17,18)12-2-1-7-21(10-12)14-9-19-6-5-11(14)8-20-13-3-4-13/h5-6,9,12-13,20H,1-4,7-8,10H2. The zero-order valence-electron chi connectivity index (χ0n) is 11.9. The minimum Gasteiger partial charge on any atom is -0.369 e. The number of nitrogens with zero attached hydrogens (tertiary/aromatic N) is 2. The minimum absolute atomic E-state index is 0.0472. The number of rotatable bonds is 4. The maximum absolute atomic E-state index is 12.9. The van der Waals surface area contributed by atoms with Gasteiger partial charge >= 0.3 is 6.18 Å². The Morgan fingerprint density at radius 2 is 2.10 bits per heavy atom. The first-order valence-electron chi connectivity index (χ1n) is 7.52. The third-order valence-corrected chi connectivity index (χ3v) is 4.27. The van der Waals surface area contributed by atoms with E-state index in [9.17, 15) is 13.2 Å². The van der Waals surface area contributed by atoms with Crippen molar-refractivity contribution in [2.45, 2.75) is 44.4 Å². The Morgan fingerprint density at radius 3 is 2.81 bits per heavy atom. The zero-order chi connectivity index (χ0) is 14.9. The van der Waals surface area contributed by atoms with Gasteiger partial charge in [-0.2, -0.15) is 13.2 Å². The summed E-state index contributed by atoms with van der Waals surface area (Å²) < 4.78 is 38.8. The fourth-order valence-corrected chi connectivity index (χ4v) is 2.85. The molecular formula is C15H20F3N3. The summed E-state index contributed by atoms with van der Waals surface area (Å²) in [5.41, 5.74) is 1.89. The molecule has 1 aromatic rings. The van der Waals surface area contributed by atoms with Gasteiger partial charge in [-0.15, -0.1) is 0 Å². The van der Waals surface area contributed by atoms with Crippen LogP contribution in [0.25, 0.3) is 0 Å². The highest BCUT2D eigenvalue weighted by Crippen LogP contribution is 2.35. The first-order chi connectivity index (χ1) is 10.0. The second-order valence-corrected chi connectivity index (χ2v) is 5.99. The maximum atomic E-state index is 12.9. The number of anilines is 1. The lowest BCUT2D eigenvalue weighted by Crippen LogP contribution is -2.42. The van der Waals surface area contributed by atoms with Crippen molar-refractivity contribution in [3.05, 3.63) is 24.0 Å². The number of nitrogens with one attached hydrogen (secondary N) is 1. The van der Waals surface area contributed by atoms with Gasteiger partial charge in [0.05, 0.1) is 17.8 Å². The third kappa shape index (κ3) is 3.67. The lowest BCUT2D eigenvalue weighted by atomic mass is 9.96. The van der Waals surface area contributed by atoms with Crippen molar-refractivity contribution in [2.75, 3.05) is 18.0 Å². The molecule has 1 unspecified atom stereocenters. The fourth-order valence-electron chi connectivity index (χ4n) is 2.85. The monoisotopic (exact) mass is 299 g/mol. The molecule has 3 rings (SSSR count). The molecule has 0 bridgehead atoms. The van der Waals surface area contributed by atoms with Crippen LogP contribution in [0.4, 0.5) is 18.9 Å². The van der Waals surface area contributed by atoms with Gasteiger partial charge in [0.2, 0.25) is 0 Å². The van der Waals surface area contributed by atoms with Crippen molar-refractivity contribution in [3.63, 3.8) is 0 Å². The molecule has 0 aromatic carbocycles. The van der Waals surface area contributed by atoms with Gasteiger partial charge in [-0.3, -0.25) is 4.98 Å². The molecule has 1 N–H and O–H groups in total. The van der Waals surface area contributed by atoms with E-state index in [1.165, 1.54) is 12.8 Å². The topological polar surface area (TPSA) is 28.2 Å². The predicted molar refractivity (Wildman–Crippen MR) is 75.1 cm³/mol. The highest BCUT2D eigenvalue weighted by molar-refractivity contribution is 5.52. The molecule has 0 spiro atoms. The van der Waals surface area contributed by atoms with E-state index in [1.54, 1.807) is 12.4 Å². The molecule has 1 aliphatic heterocycles. The maximum Gasteiger partial charge on any atom is 0.393 e. The predicted octanol–water partition coefficient (Wildman–Crippen LogP) is 3.11. The molecule has 1 aliphatic carbocycles. The Balaban J connectivity index is 1.72. The number of halogens is 3. The van der Waals surface area contributed by atoms with E-state index in [0.717, 1.165) is 11.3 Å². The zero-order valence-corrected chi connectivity index (χ0v) is 11.9. The van der Waals surface area contributed by atoms with Crippen LogP contribution in [0.1, 0.15) is 31.2 Å². The summed E-state index contributed by atoms with van der Waals surface area (Å²) in [4.78, 5) is 5.95. The van der Waals surface area contributed by atoms with Gasteiger partial charge in [0, 0.05) is 31.9 Å². The molecule has 2 heterocycles. The molecular weight excluding hydrogens is 279 g/mol. The number of aromatic nitrogens is 1. The summed E-state index contributed by atoms with van der Waals surface area (Å²) in [6, 6.07) is 2.48. The third-order valence-electron chi connectivity index (χ3n) is 4.27. The highest BCUT2D eigenvalue weighted by Gasteiger charge is 2.42. The van der Waals surface area contributed by atoms with Crippen LogP contribution < -0.4 is 10.2 Å². The molecule has 1 saturated heterocycles. The highest BCUT2D eigenvalue weighted by atomic mass is 19.4. The van der Waals surface area contributed by atoms with Crippen molar-refractivity contribution in [2.24, 2.45) is 5.92 Å². The summed E-state index contributed by atoms with van der Waals surface area (Å²) in [5, 5.41) is 3.42. The van der Waals surface area contributed by atoms with E-state index in [1.807, 2.05) is 11.0 Å². The van der Waals surface area contributed by atoms with Crippen LogP contribution in [0.15, 0.2) is 18.5 Å². The van der Waals surface area contributed by atoms with Crippen molar-refractivity contribution >= 4 is 5.69 Å². The average molecular weight is 299 g/mol. The molecule has 2 aliphatic rings. The van der Waals surface area contributed by atoms with Crippen LogP contribution in [-0.2, 0) is 6.54 Å². The van der Waals surface area contributed by atoms with Gasteiger partial charge in [0.25, 0.3) is 0 Å². The van der Waals surface area contributed by atoms with E-state index in [2.05, 4.69) is 10.3 Å². The normalized spacial score (nSPS) is 23.4. The van der Waals surface area contributed by atoms with Crippen LogP contribution in [0.5, 0.6) is 0 Å². The Bertz CT molecular complexity index is 485.